The summed E-state index contributed by atoms with van der Waals surface area (Å²) in [6.07, 6.45) is 0. The molecular formula is C5H4BrN3O4S. The Bertz CT molecular complexity index is 486. The van der Waals surface area contributed by atoms with Crippen LogP contribution < -0.4 is 5.14 Å². The maximum Gasteiger partial charge on any atom is 0.275 e. The van der Waals surface area contributed by atoms with Crippen LogP contribution in [0.4, 0.5) is 5.69 Å². The molecule has 0 spiro atoms. The largest absolute Gasteiger partial charge is 0.275 e. The molecule has 7 nitrogen and oxygen atoms in total. The van der Waals surface area contributed by atoms with E-state index < -0.39 is 25.7 Å². The van der Waals surface area contributed by atoms with Crippen LogP contribution in [0.3, 0.4) is 0 Å². The van der Waals surface area contributed by atoms with Crippen LogP contribution in [-0.2, 0) is 10.0 Å². The molecule has 0 fully saturated rings. The van der Waals surface area contributed by atoms with Crippen molar-refractivity contribution in [2.45, 2.75) is 5.03 Å². The van der Waals surface area contributed by atoms with Crippen molar-refractivity contribution in [3.05, 3.63) is 26.9 Å². The molecule has 0 unspecified atom stereocenters. The van der Waals surface area contributed by atoms with Gasteiger partial charge in [-0.25, -0.2) is 18.5 Å². The van der Waals surface area contributed by atoms with Crippen LogP contribution in [0.25, 0.3) is 0 Å². The van der Waals surface area contributed by atoms with Crippen LogP contribution in [0.1, 0.15) is 0 Å². The summed E-state index contributed by atoms with van der Waals surface area (Å²) in [7, 11) is -4.03. The van der Waals surface area contributed by atoms with E-state index in [-0.39, 0.29) is 4.60 Å². The summed E-state index contributed by atoms with van der Waals surface area (Å²) in [6.45, 7) is 0. The molecule has 1 aromatic heterocycles. The van der Waals surface area contributed by atoms with Gasteiger partial charge in [-0.3, -0.25) is 10.1 Å². The lowest BCUT2D eigenvalue weighted by Crippen LogP contribution is -2.14. The Balaban J connectivity index is 3.43. The summed E-state index contributed by atoms with van der Waals surface area (Å²) in [5, 5.41) is 14.6. The van der Waals surface area contributed by atoms with E-state index in [9.17, 15) is 18.5 Å². The Hall–Kier alpha value is -1.06. The second-order valence-corrected chi connectivity index (χ2v) is 4.61. The number of pyridine rings is 1. The van der Waals surface area contributed by atoms with Gasteiger partial charge in [-0.1, -0.05) is 0 Å². The van der Waals surface area contributed by atoms with E-state index >= 15 is 0 Å². The first-order valence-electron chi connectivity index (χ1n) is 3.15. The van der Waals surface area contributed by atoms with Gasteiger partial charge in [0.2, 0.25) is 0 Å². The summed E-state index contributed by atoms with van der Waals surface area (Å²) in [5.74, 6) is 0. The van der Waals surface area contributed by atoms with E-state index in [1.54, 1.807) is 0 Å². The van der Waals surface area contributed by atoms with Gasteiger partial charge in [-0.15, -0.1) is 0 Å². The number of hydrogen-bond donors (Lipinski definition) is 1. The molecule has 0 bridgehead atoms. The third-order valence-electron chi connectivity index (χ3n) is 1.26. The highest BCUT2D eigenvalue weighted by molar-refractivity contribution is 9.10. The van der Waals surface area contributed by atoms with Crippen molar-refractivity contribution >= 4 is 31.6 Å². The third kappa shape index (κ3) is 2.47. The van der Waals surface area contributed by atoms with E-state index in [4.69, 9.17) is 5.14 Å². The highest BCUT2D eigenvalue weighted by Crippen LogP contribution is 2.19. The maximum absolute atomic E-state index is 10.8. The molecule has 0 amide bonds. The Morgan fingerprint density at radius 1 is 1.50 bits per heavy atom. The Morgan fingerprint density at radius 3 is 2.50 bits per heavy atom. The molecular weight excluding hydrogens is 278 g/mol. The predicted molar refractivity (Wildman–Crippen MR) is 50.0 cm³/mol. The first-order valence-corrected chi connectivity index (χ1v) is 5.49. The zero-order valence-corrected chi connectivity index (χ0v) is 8.95. The molecule has 76 valence electrons. The molecule has 1 rings (SSSR count). The molecule has 9 heteroatoms. The first-order chi connectivity index (χ1) is 6.30. The number of aromatic nitrogens is 1. The average molecular weight is 282 g/mol. The molecule has 1 heterocycles. The molecule has 0 radical (unpaired) electrons. The lowest BCUT2D eigenvalue weighted by molar-refractivity contribution is -0.385. The fourth-order valence-corrected chi connectivity index (χ4v) is 1.76. The van der Waals surface area contributed by atoms with E-state index in [2.05, 4.69) is 20.9 Å². The van der Waals surface area contributed by atoms with Gasteiger partial charge in [0.05, 0.1) is 11.0 Å². The Morgan fingerprint density at radius 2 is 2.07 bits per heavy atom. The van der Waals surface area contributed by atoms with E-state index in [1.165, 1.54) is 0 Å². The van der Waals surface area contributed by atoms with Gasteiger partial charge < -0.3 is 0 Å². The maximum atomic E-state index is 10.8. The number of nitro groups is 1. The van der Waals surface area contributed by atoms with Crippen LogP contribution in [0.2, 0.25) is 0 Å². The summed E-state index contributed by atoms with van der Waals surface area (Å²) < 4.78 is 21.7. The van der Waals surface area contributed by atoms with Crippen LogP contribution >= 0.6 is 15.9 Å². The number of nitrogens with zero attached hydrogens (tertiary/aromatic N) is 2. The Labute approximate surface area is 87.3 Å². The topological polar surface area (TPSA) is 116 Å². The number of sulfonamides is 1. The molecule has 14 heavy (non-hydrogen) atoms. The minimum absolute atomic E-state index is 0.0377. The van der Waals surface area contributed by atoms with Gasteiger partial charge in [0.1, 0.15) is 4.60 Å². The lowest BCUT2D eigenvalue weighted by atomic mass is 10.4. The SMILES string of the molecule is NS(=O)(=O)c1cc([N+](=O)[O-])cc(Br)n1. The summed E-state index contributed by atoms with van der Waals surface area (Å²) in [4.78, 5) is 13.1. The first kappa shape index (κ1) is 11.0. The molecule has 0 saturated carbocycles. The lowest BCUT2D eigenvalue weighted by Gasteiger charge is -1.98. The van der Waals surface area contributed by atoms with Crippen molar-refractivity contribution in [3.63, 3.8) is 0 Å². The van der Waals surface area contributed by atoms with Crippen molar-refractivity contribution in [2.24, 2.45) is 5.14 Å². The normalized spacial score (nSPS) is 11.3. The Kier molecular flexibility index (Phi) is 2.83. The fourth-order valence-electron chi connectivity index (χ4n) is 0.711. The molecule has 0 aliphatic carbocycles. The van der Waals surface area contributed by atoms with E-state index in [1.807, 2.05) is 0 Å². The van der Waals surface area contributed by atoms with Gasteiger partial charge in [0, 0.05) is 6.07 Å². The number of halogens is 1. The quantitative estimate of drug-likeness (QED) is 0.478. The van der Waals surface area contributed by atoms with Gasteiger partial charge in [-0.05, 0) is 15.9 Å². The molecule has 1 aromatic rings. The third-order valence-corrected chi connectivity index (χ3v) is 2.46. The molecule has 0 atom stereocenters. The van der Waals surface area contributed by atoms with Crippen molar-refractivity contribution in [2.75, 3.05) is 0 Å². The monoisotopic (exact) mass is 281 g/mol. The van der Waals surface area contributed by atoms with Crippen molar-refractivity contribution in [1.29, 1.82) is 0 Å². The molecule has 0 aliphatic rings. The van der Waals surface area contributed by atoms with Crippen LogP contribution in [0.5, 0.6) is 0 Å². The smallest absolute Gasteiger partial charge is 0.258 e. The second kappa shape index (κ2) is 3.59. The van der Waals surface area contributed by atoms with Crippen LogP contribution in [-0.4, -0.2) is 18.3 Å². The molecule has 2 N–H and O–H groups in total. The highest BCUT2D eigenvalue weighted by atomic mass is 79.9. The van der Waals surface area contributed by atoms with Crippen LogP contribution in [0.15, 0.2) is 21.8 Å². The zero-order chi connectivity index (χ0) is 10.9. The van der Waals surface area contributed by atoms with Crippen molar-refractivity contribution < 1.29 is 13.3 Å². The summed E-state index contributed by atoms with van der Waals surface area (Å²) in [6, 6.07) is 1.87. The minimum atomic E-state index is -4.03. The van der Waals surface area contributed by atoms with Gasteiger partial charge in [0.15, 0.2) is 5.03 Å². The average Bonchev–Trinajstić information content (AvgIpc) is 2.01. The van der Waals surface area contributed by atoms with Crippen molar-refractivity contribution in [3.8, 4) is 0 Å². The number of nitrogens with two attached hydrogens (primary N) is 1. The van der Waals surface area contributed by atoms with E-state index in [0.29, 0.717) is 0 Å². The van der Waals surface area contributed by atoms with Crippen molar-refractivity contribution in [1.82, 2.24) is 4.98 Å². The predicted octanol–water partition coefficient (Wildman–Crippen LogP) is 0.400. The van der Waals surface area contributed by atoms with Crippen LogP contribution in [0, 0.1) is 10.1 Å². The van der Waals surface area contributed by atoms with E-state index in [0.717, 1.165) is 12.1 Å². The summed E-state index contributed by atoms with van der Waals surface area (Å²) in [5.41, 5.74) is -0.393. The van der Waals surface area contributed by atoms with Gasteiger partial charge in [-0.2, -0.15) is 0 Å². The molecule has 0 aromatic carbocycles. The second-order valence-electron chi connectivity index (χ2n) is 2.29. The molecule has 0 aliphatic heterocycles. The number of hydrogen-bond acceptors (Lipinski definition) is 5. The summed E-state index contributed by atoms with van der Waals surface area (Å²) >= 11 is 2.84. The molecule has 0 saturated heterocycles. The standard InChI is InChI=1S/C5H4BrN3O4S/c6-4-1-3(9(10)11)2-5(8-4)14(7,12)13/h1-2H,(H2,7,12,13). The fraction of sp³-hybridized carbons (Fsp3) is 0. The zero-order valence-electron chi connectivity index (χ0n) is 6.55. The minimum Gasteiger partial charge on any atom is -0.258 e. The number of primary sulfonamides is 1. The highest BCUT2D eigenvalue weighted by Gasteiger charge is 2.16. The number of rotatable bonds is 2. The van der Waals surface area contributed by atoms with Gasteiger partial charge in [0.25, 0.3) is 15.7 Å². The van der Waals surface area contributed by atoms with Gasteiger partial charge >= 0.3 is 0 Å².